The summed E-state index contributed by atoms with van der Waals surface area (Å²) in [6.45, 7) is 0.190. The molecule has 0 aliphatic carbocycles. The first-order chi connectivity index (χ1) is 11.3. The minimum absolute atomic E-state index is 0.0719. The van der Waals surface area contributed by atoms with Crippen molar-refractivity contribution in [2.24, 2.45) is 0 Å². The van der Waals surface area contributed by atoms with Crippen LogP contribution in [-0.4, -0.2) is 48.9 Å². The molecule has 1 aliphatic heterocycles. The summed E-state index contributed by atoms with van der Waals surface area (Å²) in [4.78, 5) is 35.4. The van der Waals surface area contributed by atoms with Gasteiger partial charge in [-0.3, -0.25) is 14.5 Å². The topological polar surface area (TPSA) is 115 Å². The van der Waals surface area contributed by atoms with Gasteiger partial charge in [-0.15, -0.1) is 0 Å². The summed E-state index contributed by atoms with van der Waals surface area (Å²) in [7, 11) is 0. The lowest BCUT2D eigenvalue weighted by atomic mass is 10.1. The normalized spacial score (nSPS) is 16.0. The van der Waals surface area contributed by atoms with E-state index in [0.29, 0.717) is 4.32 Å². The summed E-state index contributed by atoms with van der Waals surface area (Å²) in [6.07, 6.45) is 1.57. The van der Waals surface area contributed by atoms with Crippen molar-refractivity contribution >= 4 is 52.2 Å². The molecule has 0 spiro atoms. The number of thiocarbonyl (C=S) groups is 1. The van der Waals surface area contributed by atoms with E-state index in [-0.39, 0.29) is 35.4 Å². The number of thioether (sulfide) groups is 1. The third-order valence-electron chi connectivity index (χ3n) is 3.23. The molecule has 1 aliphatic rings. The molecule has 1 heterocycles. The molecular weight excluding hydrogens is 354 g/mol. The summed E-state index contributed by atoms with van der Waals surface area (Å²) in [5.74, 6) is -3.05. The van der Waals surface area contributed by atoms with Crippen molar-refractivity contribution in [1.82, 2.24) is 4.90 Å². The number of rotatable bonds is 6. The molecule has 1 fully saturated rings. The number of amides is 1. The molecule has 0 aromatic heterocycles. The second kappa shape index (κ2) is 7.45. The fraction of sp³-hybridized carbons (Fsp3) is 0.200. The number of carboxylic acid groups (broad SMARTS) is 2. The third-order valence-corrected chi connectivity index (χ3v) is 4.61. The highest BCUT2D eigenvalue weighted by molar-refractivity contribution is 8.26. The molecule has 24 heavy (non-hydrogen) atoms. The van der Waals surface area contributed by atoms with E-state index in [1.807, 2.05) is 0 Å². The minimum atomic E-state index is -1.27. The summed E-state index contributed by atoms with van der Waals surface area (Å²) in [6, 6.07) is 4.20. The van der Waals surface area contributed by atoms with Crippen molar-refractivity contribution in [3.05, 3.63) is 34.2 Å². The lowest BCUT2D eigenvalue weighted by Crippen LogP contribution is -2.29. The Balaban J connectivity index is 2.21. The Morgan fingerprint density at radius 1 is 1.29 bits per heavy atom. The van der Waals surface area contributed by atoms with Crippen LogP contribution in [0, 0.1) is 0 Å². The molecule has 1 aromatic carbocycles. The highest BCUT2D eigenvalue weighted by Crippen LogP contribution is 2.35. The van der Waals surface area contributed by atoms with Crippen LogP contribution in [0.5, 0.6) is 5.75 Å². The molecule has 2 rings (SSSR count). The Labute approximate surface area is 146 Å². The maximum atomic E-state index is 12.3. The second-order valence-electron chi connectivity index (χ2n) is 4.88. The highest BCUT2D eigenvalue weighted by atomic mass is 32.2. The van der Waals surface area contributed by atoms with Crippen LogP contribution in [0.25, 0.3) is 6.08 Å². The number of hydrogen-bond acceptors (Lipinski definition) is 6. The van der Waals surface area contributed by atoms with Gasteiger partial charge in [0.25, 0.3) is 5.91 Å². The number of para-hydroxylation sites is 1. The maximum Gasteiger partial charge on any atom is 0.339 e. The number of hydrogen-bond donors (Lipinski definition) is 3. The molecule has 1 aromatic rings. The molecule has 1 amide bonds. The van der Waals surface area contributed by atoms with Crippen molar-refractivity contribution in [1.29, 1.82) is 0 Å². The number of nitrogens with zero attached hydrogens (tertiary/aromatic N) is 1. The Bertz CT molecular complexity index is 758. The zero-order chi connectivity index (χ0) is 17.9. The molecule has 9 heteroatoms. The monoisotopic (exact) mass is 367 g/mol. The summed E-state index contributed by atoms with van der Waals surface area (Å²) < 4.78 is 0.297. The van der Waals surface area contributed by atoms with Crippen molar-refractivity contribution < 1.29 is 29.7 Å². The van der Waals surface area contributed by atoms with Crippen LogP contribution in [0.3, 0.4) is 0 Å². The van der Waals surface area contributed by atoms with Crippen molar-refractivity contribution in [3.8, 4) is 5.75 Å². The number of phenols is 1. The third kappa shape index (κ3) is 3.92. The number of carbonyl (C=O) groups excluding carboxylic acids is 1. The molecule has 126 valence electrons. The number of benzene rings is 1. The van der Waals surface area contributed by atoms with Crippen LogP contribution in [0.1, 0.15) is 28.8 Å². The van der Waals surface area contributed by atoms with Gasteiger partial charge in [-0.2, -0.15) is 0 Å². The van der Waals surface area contributed by atoms with Gasteiger partial charge in [0.05, 0.1) is 4.91 Å². The van der Waals surface area contributed by atoms with E-state index in [4.69, 9.17) is 22.4 Å². The van der Waals surface area contributed by atoms with Crippen LogP contribution >= 0.6 is 24.0 Å². The summed E-state index contributed by atoms with van der Waals surface area (Å²) in [5.41, 5.74) is -0.0679. The molecular formula is C15H13NO6S2. The van der Waals surface area contributed by atoms with Crippen LogP contribution in [0.2, 0.25) is 0 Å². The first-order valence-corrected chi connectivity index (χ1v) is 8.06. The molecule has 3 N–H and O–H groups in total. The fourth-order valence-electron chi connectivity index (χ4n) is 2.07. The van der Waals surface area contributed by atoms with Gasteiger partial charge in [0.1, 0.15) is 15.6 Å². The van der Waals surface area contributed by atoms with E-state index in [1.165, 1.54) is 29.2 Å². The first-order valence-electron chi connectivity index (χ1n) is 6.83. The van der Waals surface area contributed by atoms with Crippen LogP contribution < -0.4 is 0 Å². The predicted molar refractivity (Wildman–Crippen MR) is 91.8 cm³/mol. The van der Waals surface area contributed by atoms with Gasteiger partial charge in [-0.1, -0.05) is 36.1 Å². The minimum Gasteiger partial charge on any atom is -0.506 e. The van der Waals surface area contributed by atoms with E-state index in [9.17, 15) is 19.5 Å². The van der Waals surface area contributed by atoms with E-state index in [1.54, 1.807) is 0 Å². The quantitative estimate of drug-likeness (QED) is 0.517. The van der Waals surface area contributed by atoms with Gasteiger partial charge < -0.3 is 15.3 Å². The molecule has 0 radical (unpaired) electrons. The van der Waals surface area contributed by atoms with E-state index in [0.717, 1.165) is 11.8 Å². The average molecular weight is 367 g/mol. The number of aliphatic carboxylic acids is 1. The molecule has 0 bridgehead atoms. The second-order valence-corrected chi connectivity index (χ2v) is 6.55. The lowest BCUT2D eigenvalue weighted by molar-refractivity contribution is -0.137. The Kier molecular flexibility index (Phi) is 5.58. The van der Waals surface area contributed by atoms with Gasteiger partial charge in [0, 0.05) is 18.5 Å². The fourth-order valence-corrected chi connectivity index (χ4v) is 3.37. The highest BCUT2D eigenvalue weighted by Gasteiger charge is 2.32. The SMILES string of the molecule is O=C(O)CCCN1C(=O)/C(=C/c2cccc(C(=O)O)c2O)SC1=S. The zero-order valence-electron chi connectivity index (χ0n) is 12.3. The Morgan fingerprint density at radius 2 is 2.00 bits per heavy atom. The maximum absolute atomic E-state index is 12.3. The Morgan fingerprint density at radius 3 is 2.62 bits per heavy atom. The lowest BCUT2D eigenvalue weighted by Gasteiger charge is -2.13. The standard InChI is InChI=1S/C15H13NO6S2/c17-11(18)5-2-6-16-13(20)10(24-15(16)23)7-8-3-1-4-9(12(8)19)14(21)22/h1,3-4,7,19H,2,5-6H2,(H,17,18)(H,21,22)/b10-7-. The van der Waals surface area contributed by atoms with Gasteiger partial charge in [-0.05, 0) is 18.6 Å². The van der Waals surface area contributed by atoms with Crippen molar-refractivity contribution in [3.63, 3.8) is 0 Å². The molecule has 1 saturated heterocycles. The molecule has 0 atom stereocenters. The zero-order valence-corrected chi connectivity index (χ0v) is 13.9. The average Bonchev–Trinajstić information content (AvgIpc) is 2.76. The van der Waals surface area contributed by atoms with E-state index in [2.05, 4.69) is 0 Å². The van der Waals surface area contributed by atoms with Gasteiger partial charge in [0.2, 0.25) is 0 Å². The van der Waals surface area contributed by atoms with Crippen LogP contribution in [0.4, 0.5) is 0 Å². The first kappa shape index (κ1) is 18.0. The number of aromatic hydroxyl groups is 1. The number of carboxylic acids is 2. The number of carbonyl (C=O) groups is 3. The summed E-state index contributed by atoms with van der Waals surface area (Å²) in [5, 5.41) is 27.6. The van der Waals surface area contributed by atoms with Gasteiger partial charge in [0.15, 0.2) is 0 Å². The van der Waals surface area contributed by atoms with Crippen LogP contribution in [0.15, 0.2) is 23.1 Å². The predicted octanol–water partition coefficient (Wildman–Crippen LogP) is 2.16. The summed E-state index contributed by atoms with van der Waals surface area (Å²) >= 11 is 6.13. The largest absolute Gasteiger partial charge is 0.506 e. The smallest absolute Gasteiger partial charge is 0.339 e. The Hall–Kier alpha value is -2.39. The van der Waals surface area contributed by atoms with Gasteiger partial charge in [-0.25, -0.2) is 4.79 Å². The molecule has 0 unspecified atom stereocenters. The van der Waals surface area contributed by atoms with Gasteiger partial charge >= 0.3 is 11.9 Å². The van der Waals surface area contributed by atoms with Crippen molar-refractivity contribution in [2.45, 2.75) is 12.8 Å². The number of aromatic carboxylic acids is 1. The van der Waals surface area contributed by atoms with Crippen molar-refractivity contribution in [2.75, 3.05) is 6.54 Å². The van der Waals surface area contributed by atoms with E-state index >= 15 is 0 Å². The molecule has 0 saturated carbocycles. The van der Waals surface area contributed by atoms with Crippen LogP contribution in [-0.2, 0) is 9.59 Å². The van der Waals surface area contributed by atoms with E-state index < -0.39 is 23.6 Å². The molecule has 7 nitrogen and oxygen atoms in total.